The summed E-state index contributed by atoms with van der Waals surface area (Å²) in [6.07, 6.45) is 7.32. The number of nitrogens with zero attached hydrogens (tertiary/aromatic N) is 5. The summed E-state index contributed by atoms with van der Waals surface area (Å²) in [6, 6.07) is 1.36. The zero-order chi connectivity index (χ0) is 20.7. The second-order valence-corrected chi connectivity index (χ2v) is 6.93. The molecule has 0 unspecified atom stereocenters. The lowest BCUT2D eigenvalue weighted by Gasteiger charge is -2.17. The third-order valence-electron chi connectivity index (χ3n) is 4.75. The Morgan fingerprint density at radius 2 is 2.13 bits per heavy atom. The number of aromatic amines is 1. The standard InChI is InChI=1S/C19H17FN8O2/c1-10-3-22-18(29)14-8-26-28-9-15(12-5-24-25-6-12)16(27-17(14)28)21-4-11-2-13(20)7-23-19(11)30-10/h2,5-10H,3-4H2,1H3,(H,21,27)(H,22,29)(H,24,25)/t10-/m0/s1. The Morgan fingerprint density at radius 1 is 1.23 bits per heavy atom. The lowest BCUT2D eigenvalue weighted by molar-refractivity contribution is 0.0932. The van der Waals surface area contributed by atoms with E-state index in [1.807, 2.05) is 0 Å². The van der Waals surface area contributed by atoms with E-state index < -0.39 is 5.82 Å². The van der Waals surface area contributed by atoms with Crippen molar-refractivity contribution in [3.05, 3.63) is 54.0 Å². The van der Waals surface area contributed by atoms with Crippen molar-refractivity contribution in [3.8, 4) is 17.0 Å². The van der Waals surface area contributed by atoms with Crippen molar-refractivity contribution in [3.63, 3.8) is 0 Å². The normalized spacial score (nSPS) is 16.6. The number of rotatable bonds is 1. The number of hydrogen-bond acceptors (Lipinski definition) is 7. The largest absolute Gasteiger partial charge is 0.473 e. The molecule has 152 valence electrons. The van der Waals surface area contributed by atoms with Gasteiger partial charge in [0, 0.05) is 35.6 Å². The number of nitrogens with one attached hydrogen (secondary N) is 3. The zero-order valence-electron chi connectivity index (χ0n) is 15.9. The Kier molecular flexibility index (Phi) is 4.27. The van der Waals surface area contributed by atoms with E-state index >= 15 is 0 Å². The maximum Gasteiger partial charge on any atom is 0.256 e. The number of fused-ring (bicyclic) bond motifs is 2. The smallest absolute Gasteiger partial charge is 0.256 e. The topological polar surface area (TPSA) is 122 Å². The molecule has 10 nitrogen and oxygen atoms in total. The minimum absolute atomic E-state index is 0.214. The van der Waals surface area contributed by atoms with Gasteiger partial charge in [0.25, 0.3) is 5.91 Å². The summed E-state index contributed by atoms with van der Waals surface area (Å²) in [7, 11) is 0. The van der Waals surface area contributed by atoms with Crippen molar-refractivity contribution < 1.29 is 13.9 Å². The summed E-state index contributed by atoms with van der Waals surface area (Å²) >= 11 is 0. The highest BCUT2D eigenvalue weighted by molar-refractivity contribution is 6.00. The molecule has 0 aromatic carbocycles. The Bertz CT molecular complexity index is 1240. The molecule has 5 heterocycles. The van der Waals surface area contributed by atoms with Crippen molar-refractivity contribution in [2.45, 2.75) is 19.6 Å². The van der Waals surface area contributed by atoms with Crippen LogP contribution in [0.1, 0.15) is 22.8 Å². The highest BCUT2D eigenvalue weighted by Crippen LogP contribution is 2.28. The third kappa shape index (κ3) is 3.19. The highest BCUT2D eigenvalue weighted by atomic mass is 19.1. The molecule has 0 radical (unpaired) electrons. The number of ether oxygens (including phenoxy) is 1. The summed E-state index contributed by atoms with van der Waals surface area (Å²) < 4.78 is 21.2. The molecule has 1 atom stereocenters. The van der Waals surface area contributed by atoms with Crippen molar-refractivity contribution in [1.29, 1.82) is 0 Å². The van der Waals surface area contributed by atoms with E-state index in [1.165, 1.54) is 16.8 Å². The lowest BCUT2D eigenvalue weighted by atomic mass is 10.1. The van der Waals surface area contributed by atoms with E-state index in [2.05, 4.69) is 35.9 Å². The van der Waals surface area contributed by atoms with Gasteiger partial charge in [-0.05, 0) is 13.0 Å². The van der Waals surface area contributed by atoms with E-state index in [9.17, 15) is 9.18 Å². The van der Waals surface area contributed by atoms with Gasteiger partial charge in [-0.15, -0.1) is 0 Å². The molecular weight excluding hydrogens is 391 g/mol. The van der Waals surface area contributed by atoms with Crippen LogP contribution in [-0.4, -0.2) is 48.3 Å². The fourth-order valence-electron chi connectivity index (χ4n) is 3.26. The van der Waals surface area contributed by atoms with Crippen LogP contribution in [0.5, 0.6) is 5.88 Å². The van der Waals surface area contributed by atoms with Gasteiger partial charge >= 0.3 is 0 Å². The van der Waals surface area contributed by atoms with Crippen molar-refractivity contribution >= 4 is 17.4 Å². The van der Waals surface area contributed by atoms with Crippen LogP contribution in [0, 0.1) is 5.82 Å². The Morgan fingerprint density at radius 3 is 2.97 bits per heavy atom. The van der Waals surface area contributed by atoms with Crippen LogP contribution in [-0.2, 0) is 6.54 Å². The summed E-state index contributed by atoms with van der Waals surface area (Å²) in [6.45, 7) is 2.25. The molecule has 1 amide bonds. The van der Waals surface area contributed by atoms with E-state index in [4.69, 9.17) is 4.74 Å². The molecule has 0 saturated heterocycles. The summed E-state index contributed by atoms with van der Waals surface area (Å²) in [4.78, 5) is 21.4. The minimum Gasteiger partial charge on any atom is -0.473 e. The lowest BCUT2D eigenvalue weighted by Crippen LogP contribution is -2.33. The number of hydrogen-bond donors (Lipinski definition) is 3. The van der Waals surface area contributed by atoms with Gasteiger partial charge in [-0.1, -0.05) is 0 Å². The Balaban J connectivity index is 1.66. The Labute approximate surface area is 169 Å². The monoisotopic (exact) mass is 408 g/mol. The number of amides is 1. The van der Waals surface area contributed by atoms with Crippen LogP contribution in [0.2, 0.25) is 0 Å². The van der Waals surface area contributed by atoms with Gasteiger partial charge in [0.05, 0.1) is 25.1 Å². The van der Waals surface area contributed by atoms with E-state index in [-0.39, 0.29) is 25.1 Å². The maximum absolute atomic E-state index is 13.8. The van der Waals surface area contributed by atoms with Crippen LogP contribution in [0.25, 0.3) is 16.8 Å². The second-order valence-electron chi connectivity index (χ2n) is 6.93. The molecule has 0 fully saturated rings. The second kappa shape index (κ2) is 7.10. The summed E-state index contributed by atoms with van der Waals surface area (Å²) in [5.41, 5.74) is 2.75. The highest BCUT2D eigenvalue weighted by Gasteiger charge is 2.20. The van der Waals surface area contributed by atoms with Crippen LogP contribution in [0.4, 0.5) is 10.2 Å². The number of H-pyrrole nitrogens is 1. The van der Waals surface area contributed by atoms with E-state index in [1.54, 1.807) is 25.5 Å². The summed E-state index contributed by atoms with van der Waals surface area (Å²) in [5.74, 6) is -0.0118. The predicted octanol–water partition coefficient (Wildman–Crippen LogP) is 1.78. The first-order valence-corrected chi connectivity index (χ1v) is 9.29. The number of carbonyl (C=O) groups is 1. The third-order valence-corrected chi connectivity index (χ3v) is 4.75. The van der Waals surface area contributed by atoms with Gasteiger partial charge < -0.3 is 15.4 Å². The number of carbonyl (C=O) groups excluding carboxylic acids is 1. The molecule has 11 heteroatoms. The van der Waals surface area contributed by atoms with Crippen LogP contribution < -0.4 is 15.4 Å². The molecular formula is C19H17FN8O2. The molecule has 0 saturated carbocycles. The van der Waals surface area contributed by atoms with Gasteiger partial charge in [-0.2, -0.15) is 10.2 Å². The van der Waals surface area contributed by atoms with Gasteiger partial charge in [0.1, 0.15) is 23.3 Å². The van der Waals surface area contributed by atoms with Gasteiger partial charge in [0.15, 0.2) is 5.65 Å². The molecule has 1 aliphatic rings. The molecule has 30 heavy (non-hydrogen) atoms. The van der Waals surface area contributed by atoms with Crippen LogP contribution >= 0.6 is 0 Å². The quantitative estimate of drug-likeness (QED) is 0.439. The first kappa shape index (κ1) is 18.0. The summed E-state index contributed by atoms with van der Waals surface area (Å²) in [5, 5.41) is 17.1. The molecule has 0 aliphatic carbocycles. The average Bonchev–Trinajstić information content (AvgIpc) is 3.40. The molecule has 4 aromatic rings. The maximum atomic E-state index is 13.8. The van der Waals surface area contributed by atoms with Crippen LogP contribution in [0.3, 0.4) is 0 Å². The molecule has 1 aliphatic heterocycles. The van der Waals surface area contributed by atoms with E-state index in [0.29, 0.717) is 34.0 Å². The Hall–Kier alpha value is -4.02. The number of anilines is 1. The molecule has 0 spiro atoms. The average molecular weight is 408 g/mol. The van der Waals surface area contributed by atoms with Crippen molar-refractivity contribution in [1.82, 2.24) is 35.1 Å². The first-order valence-electron chi connectivity index (χ1n) is 9.29. The molecule has 3 N–H and O–H groups in total. The minimum atomic E-state index is -0.471. The van der Waals surface area contributed by atoms with Crippen molar-refractivity contribution in [2.75, 3.05) is 11.9 Å². The van der Waals surface area contributed by atoms with Gasteiger partial charge in [0.2, 0.25) is 5.88 Å². The fraction of sp³-hybridized carbons (Fsp3) is 0.211. The fourth-order valence-corrected chi connectivity index (χ4v) is 3.26. The number of halogens is 1. The molecule has 5 rings (SSSR count). The first-order chi connectivity index (χ1) is 14.6. The van der Waals surface area contributed by atoms with E-state index in [0.717, 1.165) is 11.8 Å². The van der Waals surface area contributed by atoms with Crippen molar-refractivity contribution in [2.24, 2.45) is 0 Å². The predicted molar refractivity (Wildman–Crippen MR) is 105 cm³/mol. The SMILES string of the molecule is C[C@H]1CNC(=O)c2cnn3cc(-c4cn[nH]c4)c(nc23)NCc2cc(F)cnc2O1. The zero-order valence-corrected chi connectivity index (χ0v) is 15.9. The number of aromatic nitrogens is 6. The van der Waals surface area contributed by atoms with Gasteiger partial charge in [-0.25, -0.2) is 18.9 Å². The van der Waals surface area contributed by atoms with Crippen LogP contribution in [0.15, 0.2) is 37.1 Å². The molecule has 2 bridgehead atoms. The number of pyridine rings is 1. The van der Waals surface area contributed by atoms with Gasteiger partial charge in [-0.3, -0.25) is 9.89 Å². The molecule has 4 aromatic heterocycles.